The molecule has 2 aromatic carbocycles. The van der Waals surface area contributed by atoms with Gasteiger partial charge in [-0.15, -0.1) is 0 Å². The average molecular weight is 284 g/mol. The normalized spacial score (nSPS) is 11.7. The molecule has 0 saturated heterocycles. The smallest absolute Gasteiger partial charge is 0.164 e. The monoisotopic (exact) mass is 283 g/mol. The summed E-state index contributed by atoms with van der Waals surface area (Å²) in [4.78, 5) is 12.2. The van der Waals surface area contributed by atoms with Gasteiger partial charge in [-0.3, -0.25) is 4.79 Å². The summed E-state index contributed by atoms with van der Waals surface area (Å²) in [5, 5.41) is 9.86. The van der Waals surface area contributed by atoms with Gasteiger partial charge < -0.3 is 0 Å². The molecule has 1 atom stereocenters. The standard InChI is InChI=1S/C17H14ClNO/c1-12-2-4-13(5-3-12)15(11-19)10-17(20)14-6-8-16(18)9-7-14/h2-9,15H,10H2,1H3/t15-/m0/s1. The summed E-state index contributed by atoms with van der Waals surface area (Å²) in [6, 6.07) is 16.6. The van der Waals surface area contributed by atoms with Gasteiger partial charge in [0, 0.05) is 17.0 Å². The van der Waals surface area contributed by atoms with E-state index in [1.165, 1.54) is 0 Å². The number of carbonyl (C=O) groups is 1. The molecule has 0 bridgehead atoms. The van der Waals surface area contributed by atoms with Crippen LogP contribution in [-0.2, 0) is 0 Å². The Kier molecular flexibility index (Phi) is 4.55. The van der Waals surface area contributed by atoms with Crippen LogP contribution in [0.4, 0.5) is 0 Å². The van der Waals surface area contributed by atoms with Crippen LogP contribution in [0.2, 0.25) is 5.02 Å². The molecule has 20 heavy (non-hydrogen) atoms. The zero-order valence-corrected chi connectivity index (χ0v) is 11.9. The molecule has 3 heteroatoms. The van der Waals surface area contributed by atoms with Crippen molar-refractivity contribution in [3.05, 3.63) is 70.2 Å². The molecular formula is C17H14ClNO. The van der Waals surface area contributed by atoms with E-state index in [1.807, 2.05) is 31.2 Å². The molecular weight excluding hydrogens is 270 g/mol. The minimum Gasteiger partial charge on any atom is -0.294 e. The van der Waals surface area contributed by atoms with Crippen LogP contribution in [0, 0.1) is 18.3 Å². The van der Waals surface area contributed by atoms with Gasteiger partial charge in [0.1, 0.15) is 0 Å². The highest BCUT2D eigenvalue weighted by molar-refractivity contribution is 6.30. The van der Waals surface area contributed by atoms with E-state index in [0.29, 0.717) is 10.6 Å². The van der Waals surface area contributed by atoms with Crippen molar-refractivity contribution in [2.75, 3.05) is 0 Å². The Morgan fingerprint density at radius 2 is 1.75 bits per heavy atom. The van der Waals surface area contributed by atoms with Gasteiger partial charge in [0.25, 0.3) is 0 Å². The molecule has 0 saturated carbocycles. The predicted molar refractivity (Wildman–Crippen MR) is 79.9 cm³/mol. The Morgan fingerprint density at radius 3 is 2.30 bits per heavy atom. The summed E-state index contributed by atoms with van der Waals surface area (Å²) in [6.45, 7) is 1.99. The fourth-order valence-corrected chi connectivity index (χ4v) is 2.10. The zero-order valence-electron chi connectivity index (χ0n) is 11.1. The quantitative estimate of drug-likeness (QED) is 0.774. The van der Waals surface area contributed by atoms with Crippen LogP contribution in [0.1, 0.15) is 33.8 Å². The van der Waals surface area contributed by atoms with Crippen LogP contribution in [0.25, 0.3) is 0 Å². The number of hydrogen-bond acceptors (Lipinski definition) is 2. The van der Waals surface area contributed by atoms with Crippen molar-refractivity contribution in [1.82, 2.24) is 0 Å². The van der Waals surface area contributed by atoms with Crippen molar-refractivity contribution >= 4 is 17.4 Å². The van der Waals surface area contributed by atoms with Gasteiger partial charge in [0.2, 0.25) is 0 Å². The number of nitrogens with zero attached hydrogens (tertiary/aromatic N) is 1. The second-order valence-electron chi connectivity index (χ2n) is 4.73. The van der Waals surface area contributed by atoms with Crippen molar-refractivity contribution in [1.29, 1.82) is 5.26 Å². The summed E-state index contributed by atoms with van der Waals surface area (Å²) in [5.74, 6) is -0.465. The third kappa shape index (κ3) is 3.46. The first-order valence-electron chi connectivity index (χ1n) is 6.35. The van der Waals surface area contributed by atoms with Crippen molar-refractivity contribution in [3.8, 4) is 6.07 Å². The number of benzene rings is 2. The van der Waals surface area contributed by atoms with Gasteiger partial charge in [-0.2, -0.15) is 5.26 Å². The molecule has 0 heterocycles. The third-order valence-electron chi connectivity index (χ3n) is 3.19. The first kappa shape index (κ1) is 14.3. The minimum atomic E-state index is -0.418. The van der Waals surface area contributed by atoms with Crippen molar-refractivity contribution in [2.45, 2.75) is 19.3 Å². The molecule has 0 aromatic heterocycles. The minimum absolute atomic E-state index is 0.0474. The van der Waals surface area contributed by atoms with E-state index in [2.05, 4.69) is 6.07 Å². The lowest BCUT2D eigenvalue weighted by atomic mass is 9.92. The summed E-state index contributed by atoms with van der Waals surface area (Å²) in [7, 11) is 0. The Labute approximate surface area is 123 Å². The Balaban J connectivity index is 2.14. The Morgan fingerprint density at radius 1 is 1.15 bits per heavy atom. The number of rotatable bonds is 4. The molecule has 2 aromatic rings. The van der Waals surface area contributed by atoms with Crippen LogP contribution >= 0.6 is 11.6 Å². The molecule has 0 unspecified atom stereocenters. The van der Waals surface area contributed by atoms with Crippen molar-refractivity contribution in [2.24, 2.45) is 0 Å². The second-order valence-corrected chi connectivity index (χ2v) is 5.16. The summed E-state index contributed by atoms with van der Waals surface area (Å²) >= 11 is 5.80. The molecule has 0 aliphatic heterocycles. The number of nitriles is 1. The van der Waals surface area contributed by atoms with Crippen LogP contribution in [0.3, 0.4) is 0 Å². The largest absolute Gasteiger partial charge is 0.294 e. The number of aryl methyl sites for hydroxylation is 1. The topological polar surface area (TPSA) is 40.9 Å². The molecule has 0 aliphatic carbocycles. The molecule has 2 nitrogen and oxygen atoms in total. The SMILES string of the molecule is Cc1ccc([C@H](C#N)CC(=O)c2ccc(Cl)cc2)cc1. The number of hydrogen-bond donors (Lipinski definition) is 0. The van der Waals surface area contributed by atoms with Crippen molar-refractivity contribution < 1.29 is 4.79 Å². The fourth-order valence-electron chi connectivity index (χ4n) is 1.98. The maximum atomic E-state index is 12.2. The third-order valence-corrected chi connectivity index (χ3v) is 3.44. The number of halogens is 1. The van der Waals surface area contributed by atoms with Gasteiger partial charge >= 0.3 is 0 Å². The van der Waals surface area contributed by atoms with Crippen molar-refractivity contribution in [3.63, 3.8) is 0 Å². The predicted octanol–water partition coefficient (Wildman–Crippen LogP) is 4.53. The van der Waals surface area contributed by atoms with Crippen LogP contribution in [0.5, 0.6) is 0 Å². The van der Waals surface area contributed by atoms with E-state index < -0.39 is 5.92 Å². The highest BCUT2D eigenvalue weighted by atomic mass is 35.5. The summed E-state index contributed by atoms with van der Waals surface area (Å²) < 4.78 is 0. The van der Waals surface area contributed by atoms with E-state index in [1.54, 1.807) is 24.3 Å². The van der Waals surface area contributed by atoms with Crippen LogP contribution in [0.15, 0.2) is 48.5 Å². The number of carbonyl (C=O) groups excluding carboxylic acids is 1. The fraction of sp³-hybridized carbons (Fsp3) is 0.176. The average Bonchev–Trinajstić information content (AvgIpc) is 2.46. The van der Waals surface area contributed by atoms with Gasteiger partial charge in [-0.05, 0) is 36.8 Å². The van der Waals surface area contributed by atoms with E-state index >= 15 is 0 Å². The molecule has 0 amide bonds. The van der Waals surface area contributed by atoms with Gasteiger partial charge in [-0.1, -0.05) is 41.4 Å². The molecule has 0 fully saturated rings. The molecule has 0 spiro atoms. The lowest BCUT2D eigenvalue weighted by Gasteiger charge is -2.09. The molecule has 0 N–H and O–H groups in total. The number of ketones is 1. The van der Waals surface area contributed by atoms with E-state index in [4.69, 9.17) is 11.6 Å². The highest BCUT2D eigenvalue weighted by Gasteiger charge is 2.16. The number of Topliss-reactive ketones (excluding diaryl/α,β-unsaturated/α-hetero) is 1. The van der Waals surface area contributed by atoms with E-state index in [9.17, 15) is 10.1 Å². The first-order valence-corrected chi connectivity index (χ1v) is 6.73. The first-order chi connectivity index (χ1) is 9.60. The van der Waals surface area contributed by atoms with E-state index in [0.717, 1.165) is 11.1 Å². The molecule has 100 valence electrons. The molecule has 2 rings (SSSR count). The Bertz CT molecular complexity index is 638. The van der Waals surface area contributed by atoms with E-state index in [-0.39, 0.29) is 12.2 Å². The summed E-state index contributed by atoms with van der Waals surface area (Å²) in [6.07, 6.45) is 0.182. The Hall–Kier alpha value is -2.11. The lowest BCUT2D eigenvalue weighted by molar-refractivity contribution is 0.0979. The van der Waals surface area contributed by atoms with Crippen LogP contribution < -0.4 is 0 Å². The highest BCUT2D eigenvalue weighted by Crippen LogP contribution is 2.22. The maximum Gasteiger partial charge on any atom is 0.164 e. The zero-order chi connectivity index (χ0) is 14.5. The summed E-state index contributed by atoms with van der Waals surface area (Å²) in [5.41, 5.74) is 2.59. The van der Waals surface area contributed by atoms with Crippen LogP contribution in [-0.4, -0.2) is 5.78 Å². The lowest BCUT2D eigenvalue weighted by Crippen LogP contribution is -2.06. The van der Waals surface area contributed by atoms with Gasteiger partial charge in [0.05, 0.1) is 12.0 Å². The second kappa shape index (κ2) is 6.36. The van der Waals surface area contributed by atoms with Gasteiger partial charge in [0.15, 0.2) is 5.78 Å². The van der Waals surface area contributed by atoms with Gasteiger partial charge in [-0.25, -0.2) is 0 Å². The molecule has 0 radical (unpaired) electrons. The maximum absolute atomic E-state index is 12.2. The molecule has 0 aliphatic rings.